The molecule has 0 saturated heterocycles. The van der Waals surface area contributed by atoms with Crippen LogP contribution in [0.1, 0.15) is 5.56 Å². The summed E-state index contributed by atoms with van der Waals surface area (Å²) < 4.78 is 0. The van der Waals surface area contributed by atoms with E-state index in [0.29, 0.717) is 13.1 Å². The summed E-state index contributed by atoms with van der Waals surface area (Å²) in [7, 11) is 0. The first-order chi connectivity index (χ1) is 7.33. The zero-order chi connectivity index (χ0) is 10.9. The first-order valence-corrected chi connectivity index (χ1v) is 4.86. The Hall–Kier alpha value is -1.34. The standard InChI is InChI=1S/C12H15NO2/c14-10-12(15)9-13-8-4-7-11-5-2-1-3-6-11/h1-3,5-6,12-15H,8-10H2. The van der Waals surface area contributed by atoms with Crippen molar-refractivity contribution in [1.29, 1.82) is 0 Å². The molecule has 1 rings (SSSR count). The van der Waals surface area contributed by atoms with Gasteiger partial charge in [0, 0.05) is 12.1 Å². The Morgan fingerprint density at radius 3 is 2.67 bits per heavy atom. The molecule has 0 aliphatic carbocycles. The van der Waals surface area contributed by atoms with Crippen LogP contribution < -0.4 is 5.32 Å². The van der Waals surface area contributed by atoms with Crippen molar-refractivity contribution in [2.24, 2.45) is 0 Å². The highest BCUT2D eigenvalue weighted by Crippen LogP contribution is 1.93. The fourth-order valence-electron chi connectivity index (χ4n) is 1.03. The molecule has 0 heterocycles. The monoisotopic (exact) mass is 205 g/mol. The van der Waals surface area contributed by atoms with E-state index in [2.05, 4.69) is 17.2 Å². The molecule has 80 valence electrons. The predicted molar refractivity (Wildman–Crippen MR) is 59.3 cm³/mol. The Labute approximate surface area is 89.8 Å². The van der Waals surface area contributed by atoms with Crippen LogP contribution in [-0.4, -0.2) is 36.0 Å². The van der Waals surface area contributed by atoms with Gasteiger partial charge in [-0.2, -0.15) is 0 Å². The van der Waals surface area contributed by atoms with E-state index in [1.165, 1.54) is 0 Å². The van der Waals surface area contributed by atoms with Gasteiger partial charge >= 0.3 is 0 Å². The normalized spacial score (nSPS) is 11.6. The van der Waals surface area contributed by atoms with Crippen LogP contribution in [0, 0.1) is 11.8 Å². The summed E-state index contributed by atoms with van der Waals surface area (Å²) in [5.41, 5.74) is 0.974. The summed E-state index contributed by atoms with van der Waals surface area (Å²) in [5, 5.41) is 20.5. The predicted octanol–water partition coefficient (Wildman–Crippen LogP) is -0.0191. The molecule has 1 unspecified atom stereocenters. The topological polar surface area (TPSA) is 52.5 Å². The summed E-state index contributed by atoms with van der Waals surface area (Å²) in [6, 6.07) is 9.70. The maximum atomic E-state index is 9.01. The quantitative estimate of drug-likeness (QED) is 0.478. The zero-order valence-corrected chi connectivity index (χ0v) is 8.48. The van der Waals surface area contributed by atoms with E-state index in [1.807, 2.05) is 30.3 Å². The molecule has 0 bridgehead atoms. The molecule has 0 aromatic heterocycles. The van der Waals surface area contributed by atoms with E-state index < -0.39 is 6.10 Å². The van der Waals surface area contributed by atoms with Gasteiger partial charge < -0.3 is 15.5 Å². The second-order valence-electron chi connectivity index (χ2n) is 3.14. The second kappa shape index (κ2) is 7.02. The van der Waals surface area contributed by atoms with Gasteiger partial charge in [0.1, 0.15) is 0 Å². The van der Waals surface area contributed by atoms with Crippen molar-refractivity contribution in [1.82, 2.24) is 5.32 Å². The molecule has 0 saturated carbocycles. The third-order valence-electron chi connectivity index (χ3n) is 1.81. The fraction of sp³-hybridized carbons (Fsp3) is 0.333. The summed E-state index contributed by atoms with van der Waals surface area (Å²) in [6.07, 6.45) is -0.705. The molecular formula is C12H15NO2. The summed E-state index contributed by atoms with van der Waals surface area (Å²) in [6.45, 7) is 0.644. The van der Waals surface area contributed by atoms with E-state index in [4.69, 9.17) is 10.2 Å². The van der Waals surface area contributed by atoms with Crippen molar-refractivity contribution in [3.8, 4) is 11.8 Å². The molecular weight excluding hydrogens is 190 g/mol. The number of hydrogen-bond acceptors (Lipinski definition) is 3. The molecule has 3 N–H and O–H groups in total. The second-order valence-corrected chi connectivity index (χ2v) is 3.14. The molecule has 3 heteroatoms. The summed E-state index contributed by atoms with van der Waals surface area (Å²) in [5.74, 6) is 5.91. The summed E-state index contributed by atoms with van der Waals surface area (Å²) >= 11 is 0. The van der Waals surface area contributed by atoms with Crippen LogP contribution in [0.2, 0.25) is 0 Å². The third kappa shape index (κ3) is 5.18. The lowest BCUT2D eigenvalue weighted by Crippen LogP contribution is -2.29. The van der Waals surface area contributed by atoms with Crippen LogP contribution in [-0.2, 0) is 0 Å². The average molecular weight is 205 g/mol. The lowest BCUT2D eigenvalue weighted by molar-refractivity contribution is 0.0954. The largest absolute Gasteiger partial charge is 0.394 e. The number of aliphatic hydroxyl groups excluding tert-OH is 2. The number of hydrogen-bond donors (Lipinski definition) is 3. The van der Waals surface area contributed by atoms with E-state index in [-0.39, 0.29) is 6.61 Å². The van der Waals surface area contributed by atoms with E-state index in [0.717, 1.165) is 5.56 Å². The van der Waals surface area contributed by atoms with Gasteiger partial charge in [-0.25, -0.2) is 0 Å². The summed E-state index contributed by atoms with van der Waals surface area (Å²) in [4.78, 5) is 0. The van der Waals surface area contributed by atoms with E-state index in [1.54, 1.807) is 0 Å². The highest BCUT2D eigenvalue weighted by Gasteiger charge is 1.97. The molecule has 0 aliphatic rings. The van der Waals surface area contributed by atoms with Gasteiger partial charge in [0.2, 0.25) is 0 Å². The molecule has 3 nitrogen and oxygen atoms in total. The number of rotatable bonds is 4. The molecule has 0 radical (unpaired) electrons. The maximum Gasteiger partial charge on any atom is 0.0895 e. The van der Waals surface area contributed by atoms with Crippen molar-refractivity contribution in [3.05, 3.63) is 35.9 Å². The Morgan fingerprint density at radius 1 is 1.27 bits per heavy atom. The van der Waals surface area contributed by atoms with Gasteiger partial charge in [0.25, 0.3) is 0 Å². The minimum absolute atomic E-state index is 0.223. The Balaban J connectivity index is 2.23. The fourth-order valence-corrected chi connectivity index (χ4v) is 1.03. The lowest BCUT2D eigenvalue weighted by Gasteiger charge is -2.05. The Morgan fingerprint density at radius 2 is 2.00 bits per heavy atom. The van der Waals surface area contributed by atoms with Crippen LogP contribution >= 0.6 is 0 Å². The lowest BCUT2D eigenvalue weighted by atomic mass is 10.2. The minimum Gasteiger partial charge on any atom is -0.394 e. The van der Waals surface area contributed by atoms with Gasteiger partial charge in [-0.15, -0.1) is 0 Å². The van der Waals surface area contributed by atoms with Gasteiger partial charge in [-0.05, 0) is 12.1 Å². The number of benzene rings is 1. The molecule has 0 spiro atoms. The molecule has 1 aromatic carbocycles. The van der Waals surface area contributed by atoms with E-state index >= 15 is 0 Å². The van der Waals surface area contributed by atoms with Gasteiger partial charge in [0.15, 0.2) is 0 Å². The van der Waals surface area contributed by atoms with Crippen LogP contribution in [0.4, 0.5) is 0 Å². The van der Waals surface area contributed by atoms with Crippen molar-refractivity contribution >= 4 is 0 Å². The van der Waals surface area contributed by atoms with Gasteiger partial charge in [-0.1, -0.05) is 30.0 Å². The van der Waals surface area contributed by atoms with Crippen molar-refractivity contribution in [2.45, 2.75) is 6.10 Å². The molecule has 0 fully saturated rings. The average Bonchev–Trinajstić information content (AvgIpc) is 2.29. The highest BCUT2D eigenvalue weighted by atomic mass is 16.3. The van der Waals surface area contributed by atoms with Crippen LogP contribution in [0.15, 0.2) is 30.3 Å². The van der Waals surface area contributed by atoms with E-state index in [9.17, 15) is 0 Å². The Kier molecular flexibility index (Phi) is 5.49. The van der Waals surface area contributed by atoms with Crippen molar-refractivity contribution in [3.63, 3.8) is 0 Å². The van der Waals surface area contributed by atoms with Crippen molar-refractivity contribution in [2.75, 3.05) is 19.7 Å². The minimum atomic E-state index is -0.705. The molecule has 1 atom stereocenters. The third-order valence-corrected chi connectivity index (χ3v) is 1.81. The smallest absolute Gasteiger partial charge is 0.0895 e. The maximum absolute atomic E-state index is 9.01. The Bertz CT molecular complexity index is 326. The van der Waals surface area contributed by atoms with Crippen molar-refractivity contribution < 1.29 is 10.2 Å². The highest BCUT2D eigenvalue weighted by molar-refractivity contribution is 5.33. The SMILES string of the molecule is OCC(O)CNCC#Cc1ccccc1. The molecule has 15 heavy (non-hydrogen) atoms. The molecule has 0 aliphatic heterocycles. The first-order valence-electron chi connectivity index (χ1n) is 4.86. The first kappa shape index (κ1) is 11.7. The van der Waals surface area contributed by atoms with Gasteiger partial charge in [-0.3, -0.25) is 0 Å². The number of nitrogens with one attached hydrogen (secondary N) is 1. The zero-order valence-electron chi connectivity index (χ0n) is 8.48. The van der Waals surface area contributed by atoms with Crippen LogP contribution in [0.25, 0.3) is 0 Å². The van der Waals surface area contributed by atoms with Crippen LogP contribution in [0.3, 0.4) is 0 Å². The molecule has 0 amide bonds. The van der Waals surface area contributed by atoms with Gasteiger partial charge in [0.05, 0.1) is 19.3 Å². The van der Waals surface area contributed by atoms with Crippen LogP contribution in [0.5, 0.6) is 0 Å². The molecule has 1 aromatic rings. The number of aliphatic hydroxyl groups is 2.